The normalized spacial score (nSPS) is 38.6. The average molecular weight is 810 g/mol. The quantitative estimate of drug-likeness (QED) is 0.300. The molecular formula is C43H63N5O10. The van der Waals surface area contributed by atoms with Crippen molar-refractivity contribution in [3.8, 4) is 0 Å². The van der Waals surface area contributed by atoms with Crippen LogP contribution in [0.3, 0.4) is 0 Å². The second kappa shape index (κ2) is 17.2. The molecule has 6 rings (SSSR count). The van der Waals surface area contributed by atoms with Crippen LogP contribution in [0.4, 0.5) is 4.79 Å². The van der Waals surface area contributed by atoms with Crippen LogP contribution < -0.4 is 0 Å². The molecule has 2 aromatic heterocycles. The fourth-order valence-electron chi connectivity index (χ4n) is 10.0. The van der Waals surface area contributed by atoms with Gasteiger partial charge in [-0.3, -0.25) is 34.2 Å². The maximum absolute atomic E-state index is 14.8. The van der Waals surface area contributed by atoms with Gasteiger partial charge in [0.15, 0.2) is 17.7 Å². The Morgan fingerprint density at radius 2 is 1.69 bits per heavy atom. The summed E-state index contributed by atoms with van der Waals surface area (Å²) in [7, 11) is 5.25. The van der Waals surface area contributed by atoms with Crippen molar-refractivity contribution in [3.63, 3.8) is 0 Å². The van der Waals surface area contributed by atoms with Crippen molar-refractivity contribution in [1.82, 2.24) is 24.7 Å². The molecule has 0 aromatic carbocycles. The van der Waals surface area contributed by atoms with E-state index in [1.165, 1.54) is 14.0 Å². The summed E-state index contributed by atoms with van der Waals surface area (Å²) in [6.45, 7) is 15.7. The van der Waals surface area contributed by atoms with Crippen LogP contribution >= 0.6 is 0 Å². The van der Waals surface area contributed by atoms with Crippen molar-refractivity contribution in [1.29, 1.82) is 0 Å². The second-order valence-corrected chi connectivity index (χ2v) is 17.8. The minimum absolute atomic E-state index is 0.129. The summed E-state index contributed by atoms with van der Waals surface area (Å²) in [5.74, 6) is -4.96. The fourth-order valence-corrected chi connectivity index (χ4v) is 10.0. The van der Waals surface area contributed by atoms with Crippen LogP contribution in [-0.2, 0) is 44.6 Å². The second-order valence-electron chi connectivity index (χ2n) is 17.8. The number of aromatic nitrogens is 2. The van der Waals surface area contributed by atoms with Gasteiger partial charge in [-0.15, -0.1) is 0 Å². The number of likely N-dealkylation sites (tertiary alicyclic amines) is 1. The third kappa shape index (κ3) is 8.14. The van der Waals surface area contributed by atoms with Gasteiger partial charge in [0.25, 0.3) is 0 Å². The molecular weight excluding hydrogens is 746 g/mol. The molecule has 15 nitrogen and oxygen atoms in total. The van der Waals surface area contributed by atoms with E-state index in [0.29, 0.717) is 26.1 Å². The van der Waals surface area contributed by atoms with E-state index >= 15 is 0 Å². The number of carbonyl (C=O) groups excluding carboxylic acids is 4. The van der Waals surface area contributed by atoms with Gasteiger partial charge < -0.3 is 33.7 Å². The molecule has 58 heavy (non-hydrogen) atoms. The first kappa shape index (κ1) is 44.0. The third-order valence-electron chi connectivity index (χ3n) is 13.4. The number of hydrogen-bond donors (Lipinski definition) is 1. The standard InChI is InChI=1S/C43H63N5O10/c1-12-32-43(8)37(48(41(53)58-43)29-21-47(22-29)20-28-15-17-44-30-14-13-16-45-33(28)30)25(4)34(49)23(2)19-42(7,54-11)38(26(5)35(50)27(6)39(52)56-32)57-40-36(51)31(46(9)10)18-24(3)55-40/h13-17,23-27,29,31-32,36-38,40,51H,12,18-22H2,1-11H3/t23-,24-,25+,26+,27-,31+,32-,36-,37-,38-,40+,42-,43-/m1/s1. The third-order valence-corrected chi connectivity index (χ3v) is 13.4. The summed E-state index contributed by atoms with van der Waals surface area (Å²) in [6, 6.07) is 4.36. The predicted octanol–water partition coefficient (Wildman–Crippen LogP) is 4.02. The zero-order chi connectivity index (χ0) is 42.4. The molecule has 0 unspecified atom stereocenters. The van der Waals surface area contributed by atoms with Crippen LogP contribution in [0.5, 0.6) is 0 Å². The molecule has 1 N–H and O–H groups in total. The van der Waals surface area contributed by atoms with Crippen molar-refractivity contribution >= 4 is 34.7 Å². The van der Waals surface area contributed by atoms with Crippen LogP contribution in [-0.4, -0.2) is 148 Å². The van der Waals surface area contributed by atoms with Gasteiger partial charge in [-0.25, -0.2) is 4.79 Å². The number of likely N-dealkylation sites (N-methyl/N-ethyl adjacent to an activating group) is 1. The highest BCUT2D eigenvalue weighted by atomic mass is 16.7. The highest BCUT2D eigenvalue weighted by Gasteiger charge is 2.62. The van der Waals surface area contributed by atoms with Gasteiger partial charge in [0.05, 0.1) is 40.9 Å². The van der Waals surface area contributed by atoms with E-state index in [1.54, 1.807) is 38.1 Å². The number of aliphatic hydroxyl groups excluding tert-OH is 1. The molecule has 0 aliphatic carbocycles. The first-order chi connectivity index (χ1) is 27.3. The lowest BCUT2D eigenvalue weighted by Crippen LogP contribution is -2.65. The van der Waals surface area contributed by atoms with Crippen molar-refractivity contribution in [2.75, 3.05) is 34.3 Å². The maximum atomic E-state index is 14.8. The predicted molar refractivity (Wildman–Crippen MR) is 213 cm³/mol. The molecule has 4 fully saturated rings. The lowest BCUT2D eigenvalue weighted by Gasteiger charge is -2.48. The molecule has 320 valence electrons. The topological polar surface area (TPSA) is 170 Å². The molecule has 4 saturated heterocycles. The average Bonchev–Trinajstić information content (AvgIpc) is 3.45. The number of amides is 1. The molecule has 0 radical (unpaired) electrons. The molecule has 2 aromatic rings. The first-order valence-electron chi connectivity index (χ1n) is 20.8. The van der Waals surface area contributed by atoms with E-state index in [1.807, 2.05) is 64.9 Å². The van der Waals surface area contributed by atoms with Crippen molar-refractivity contribution in [2.24, 2.45) is 23.7 Å². The number of esters is 1. The summed E-state index contributed by atoms with van der Waals surface area (Å²) >= 11 is 0. The fraction of sp³-hybridized carbons (Fsp3) is 0.721. The van der Waals surface area contributed by atoms with Crippen LogP contribution in [0.2, 0.25) is 0 Å². The van der Waals surface area contributed by atoms with Gasteiger partial charge >= 0.3 is 12.1 Å². The summed E-state index contributed by atoms with van der Waals surface area (Å²) in [5.41, 5.74) is -0.0417. The molecule has 0 bridgehead atoms. The van der Waals surface area contributed by atoms with Gasteiger partial charge in [-0.2, -0.15) is 0 Å². The number of ether oxygens (including phenoxy) is 5. The van der Waals surface area contributed by atoms with Crippen LogP contribution in [0.25, 0.3) is 11.0 Å². The van der Waals surface area contributed by atoms with Crippen LogP contribution in [0.15, 0.2) is 30.6 Å². The van der Waals surface area contributed by atoms with Crippen molar-refractivity contribution in [2.45, 2.75) is 141 Å². The number of Topliss-reactive ketones (excluding diaryl/α,β-unsaturated/α-hetero) is 2. The minimum atomic E-state index is -1.41. The Morgan fingerprint density at radius 3 is 2.34 bits per heavy atom. The molecule has 0 saturated carbocycles. The summed E-state index contributed by atoms with van der Waals surface area (Å²) < 4.78 is 31.4. The number of rotatable bonds is 8. The largest absolute Gasteiger partial charge is 0.458 e. The highest BCUT2D eigenvalue weighted by Crippen LogP contribution is 2.45. The molecule has 13 atom stereocenters. The Kier molecular flexibility index (Phi) is 13.0. The van der Waals surface area contributed by atoms with Gasteiger partial charge in [0, 0.05) is 62.9 Å². The van der Waals surface area contributed by atoms with E-state index in [9.17, 15) is 24.3 Å². The summed E-state index contributed by atoms with van der Waals surface area (Å²) in [5, 5.41) is 11.5. The molecule has 4 aliphatic rings. The Balaban J connectivity index is 1.32. The van der Waals surface area contributed by atoms with Crippen LogP contribution in [0.1, 0.15) is 80.2 Å². The number of cyclic esters (lactones) is 1. The lowest BCUT2D eigenvalue weighted by molar-refractivity contribution is -0.295. The van der Waals surface area contributed by atoms with E-state index in [2.05, 4.69) is 14.9 Å². The minimum Gasteiger partial charge on any atom is -0.458 e. The number of nitrogens with zero attached hydrogens (tertiary/aromatic N) is 5. The highest BCUT2D eigenvalue weighted by molar-refractivity contribution is 6.00. The number of ketones is 2. The lowest BCUT2D eigenvalue weighted by atomic mass is 9.73. The van der Waals surface area contributed by atoms with E-state index < -0.39 is 83.4 Å². The number of hydrogen-bond acceptors (Lipinski definition) is 14. The monoisotopic (exact) mass is 809 g/mol. The number of fused-ring (bicyclic) bond motifs is 2. The summed E-state index contributed by atoms with van der Waals surface area (Å²) in [6.07, 6.45) is -0.548. The van der Waals surface area contributed by atoms with Gasteiger partial charge in [-0.05, 0) is 84.8 Å². The number of aliphatic hydroxyl groups is 1. The summed E-state index contributed by atoms with van der Waals surface area (Å²) in [4.78, 5) is 72.1. The van der Waals surface area contributed by atoms with Crippen molar-refractivity contribution < 1.29 is 48.0 Å². The Morgan fingerprint density at radius 1 is 0.983 bits per heavy atom. The SMILES string of the molecule is CC[C@H]1OC(=O)[C@H](C)C(=O)[C@H](C)[C@@H](O[C@@H]2O[C@H](C)C[C@H](N(C)C)[C@H]2O)[C@](C)(OC)C[C@@H](C)C(=O)[C@H](C)[C@H]2N(C3CN(Cc4ccnc5cccnc45)C3)C(=O)O[C@]12C. The molecule has 4 aliphatic heterocycles. The molecule has 15 heteroatoms. The Hall–Kier alpha value is -3.60. The van der Waals surface area contributed by atoms with Crippen molar-refractivity contribution in [3.05, 3.63) is 36.2 Å². The Labute approximate surface area is 342 Å². The Bertz CT molecular complexity index is 1840. The number of methoxy groups -OCH3 is 1. The maximum Gasteiger partial charge on any atom is 0.411 e. The van der Waals surface area contributed by atoms with Crippen LogP contribution in [0, 0.1) is 23.7 Å². The van der Waals surface area contributed by atoms with E-state index in [0.717, 1.165) is 16.6 Å². The number of carbonyl (C=O) groups is 4. The van der Waals surface area contributed by atoms with Gasteiger partial charge in [-0.1, -0.05) is 27.7 Å². The molecule has 6 heterocycles. The smallest absolute Gasteiger partial charge is 0.411 e. The first-order valence-corrected chi connectivity index (χ1v) is 20.8. The zero-order valence-corrected chi connectivity index (χ0v) is 35.9. The van der Waals surface area contributed by atoms with Gasteiger partial charge in [0.1, 0.15) is 23.9 Å². The molecule has 0 spiro atoms. The molecule has 1 amide bonds. The van der Waals surface area contributed by atoms with Gasteiger partial charge in [0.2, 0.25) is 0 Å². The zero-order valence-electron chi connectivity index (χ0n) is 35.9. The van der Waals surface area contributed by atoms with E-state index in [-0.39, 0.29) is 36.8 Å². The number of pyridine rings is 2. The van der Waals surface area contributed by atoms with E-state index in [4.69, 9.17) is 23.7 Å².